The molecular weight excluding hydrogens is 206 g/mol. The monoisotopic (exact) mass is 215 g/mol. The van der Waals surface area contributed by atoms with Crippen LogP contribution in [0.2, 0.25) is 0 Å². The van der Waals surface area contributed by atoms with E-state index in [0.717, 1.165) is 5.56 Å². The van der Waals surface area contributed by atoms with Gasteiger partial charge in [-0.15, -0.1) is 15.0 Å². The Labute approximate surface area is 92.1 Å². The fraction of sp³-hybridized carbons (Fsp3) is 0.200. The number of benzene rings is 1. The number of hydrogen-bond acceptors (Lipinski definition) is 5. The summed E-state index contributed by atoms with van der Waals surface area (Å²) in [5.41, 5.74) is 0.759. The third-order valence-electron chi connectivity index (χ3n) is 2.01. The zero-order valence-electron chi connectivity index (χ0n) is 8.66. The lowest BCUT2D eigenvalue weighted by molar-refractivity contribution is 0.416. The van der Waals surface area contributed by atoms with Gasteiger partial charge in [-0.1, -0.05) is 12.1 Å². The largest absolute Gasteiger partial charge is 0.496 e. The van der Waals surface area contributed by atoms with Crippen molar-refractivity contribution >= 4 is 0 Å². The van der Waals surface area contributed by atoms with Crippen LogP contribution in [0.4, 0.5) is 0 Å². The van der Waals surface area contributed by atoms with Gasteiger partial charge in [0.15, 0.2) is 0 Å². The van der Waals surface area contributed by atoms with Gasteiger partial charge in [-0.3, -0.25) is 0 Å². The van der Waals surface area contributed by atoms with Gasteiger partial charge in [0.1, 0.15) is 12.3 Å². The standard InChI is InChI=1S/C10H9N5O/c1-16-9-5-3-2-4-8(9)10-12-14-15(13-10)7-6-11/h2-5H,7H2,1H3. The molecule has 0 spiro atoms. The van der Waals surface area contributed by atoms with E-state index in [1.54, 1.807) is 7.11 Å². The second-order valence-corrected chi connectivity index (χ2v) is 3.00. The Morgan fingerprint density at radius 1 is 1.44 bits per heavy atom. The van der Waals surface area contributed by atoms with Crippen LogP contribution in [0.1, 0.15) is 0 Å². The van der Waals surface area contributed by atoms with Crippen LogP contribution in [0.25, 0.3) is 11.4 Å². The molecule has 80 valence electrons. The van der Waals surface area contributed by atoms with Crippen LogP contribution in [0.5, 0.6) is 5.75 Å². The first kappa shape index (κ1) is 10.1. The van der Waals surface area contributed by atoms with Gasteiger partial charge in [0, 0.05) is 0 Å². The molecule has 0 unspecified atom stereocenters. The number of rotatable bonds is 3. The highest BCUT2D eigenvalue weighted by Crippen LogP contribution is 2.25. The highest BCUT2D eigenvalue weighted by molar-refractivity contribution is 5.63. The van der Waals surface area contributed by atoms with Crippen molar-refractivity contribution < 1.29 is 4.74 Å². The summed E-state index contributed by atoms with van der Waals surface area (Å²) in [7, 11) is 1.58. The second kappa shape index (κ2) is 4.40. The van der Waals surface area contributed by atoms with Crippen molar-refractivity contribution in [2.75, 3.05) is 7.11 Å². The first-order chi connectivity index (χ1) is 7.85. The van der Waals surface area contributed by atoms with Crippen molar-refractivity contribution in [3.8, 4) is 23.2 Å². The van der Waals surface area contributed by atoms with E-state index >= 15 is 0 Å². The molecule has 0 N–H and O–H groups in total. The van der Waals surface area contributed by atoms with E-state index in [-0.39, 0.29) is 6.54 Å². The minimum absolute atomic E-state index is 0.0855. The SMILES string of the molecule is COc1ccccc1-c1nnn(CC#N)n1. The maximum absolute atomic E-state index is 8.50. The van der Waals surface area contributed by atoms with E-state index in [0.29, 0.717) is 11.6 Å². The molecule has 0 saturated heterocycles. The zero-order valence-corrected chi connectivity index (χ0v) is 8.66. The smallest absolute Gasteiger partial charge is 0.208 e. The number of para-hydroxylation sites is 1. The van der Waals surface area contributed by atoms with Crippen molar-refractivity contribution in [1.29, 1.82) is 5.26 Å². The lowest BCUT2D eigenvalue weighted by atomic mass is 10.2. The van der Waals surface area contributed by atoms with E-state index in [1.807, 2.05) is 30.3 Å². The van der Waals surface area contributed by atoms with Gasteiger partial charge < -0.3 is 4.74 Å². The Kier molecular flexibility index (Phi) is 2.78. The maximum atomic E-state index is 8.50. The van der Waals surface area contributed by atoms with Gasteiger partial charge in [-0.2, -0.15) is 5.26 Å². The van der Waals surface area contributed by atoms with Crippen molar-refractivity contribution in [2.45, 2.75) is 6.54 Å². The zero-order chi connectivity index (χ0) is 11.4. The molecule has 0 bridgehead atoms. The summed E-state index contributed by atoms with van der Waals surface area (Å²) in [6.45, 7) is 0.0855. The Bertz CT molecular complexity index is 528. The first-order valence-electron chi connectivity index (χ1n) is 4.63. The number of nitriles is 1. The van der Waals surface area contributed by atoms with Gasteiger partial charge in [0.05, 0.1) is 18.7 Å². The minimum Gasteiger partial charge on any atom is -0.496 e. The van der Waals surface area contributed by atoms with Gasteiger partial charge >= 0.3 is 0 Å². The average Bonchev–Trinajstić information content (AvgIpc) is 2.78. The summed E-state index contributed by atoms with van der Waals surface area (Å²) in [6, 6.07) is 9.33. The molecule has 1 heterocycles. The van der Waals surface area contributed by atoms with E-state index < -0.39 is 0 Å². The van der Waals surface area contributed by atoms with Crippen molar-refractivity contribution in [1.82, 2.24) is 20.2 Å². The van der Waals surface area contributed by atoms with Crippen molar-refractivity contribution in [2.24, 2.45) is 0 Å². The lowest BCUT2D eigenvalue weighted by Gasteiger charge is -2.02. The molecule has 6 heteroatoms. The molecule has 2 aromatic rings. The predicted octanol–water partition coefficient (Wildman–Crippen LogP) is 0.872. The average molecular weight is 215 g/mol. The summed E-state index contributed by atoms with van der Waals surface area (Å²) in [5, 5.41) is 20.2. The number of ether oxygens (including phenoxy) is 1. The maximum Gasteiger partial charge on any atom is 0.208 e. The third-order valence-corrected chi connectivity index (χ3v) is 2.01. The molecule has 0 aliphatic carbocycles. The van der Waals surface area contributed by atoms with Crippen LogP contribution in [-0.2, 0) is 6.54 Å². The van der Waals surface area contributed by atoms with Crippen LogP contribution < -0.4 is 4.74 Å². The second-order valence-electron chi connectivity index (χ2n) is 3.00. The molecule has 2 rings (SSSR count). The quantitative estimate of drug-likeness (QED) is 0.759. The molecule has 0 amide bonds. The molecule has 0 aliphatic rings. The topological polar surface area (TPSA) is 76.6 Å². The Morgan fingerprint density at radius 3 is 3.00 bits per heavy atom. The predicted molar refractivity (Wildman–Crippen MR) is 55.4 cm³/mol. The number of hydrogen-bond donors (Lipinski definition) is 0. The molecule has 1 aromatic carbocycles. The van der Waals surface area contributed by atoms with Gasteiger partial charge in [-0.25, -0.2) is 0 Å². The Hall–Kier alpha value is -2.42. The van der Waals surface area contributed by atoms with E-state index in [9.17, 15) is 0 Å². The number of tetrazole rings is 1. The summed E-state index contributed by atoms with van der Waals surface area (Å²) in [5.74, 6) is 1.13. The van der Waals surface area contributed by atoms with Crippen molar-refractivity contribution in [3.63, 3.8) is 0 Å². The molecule has 0 fully saturated rings. The highest BCUT2D eigenvalue weighted by Gasteiger charge is 2.10. The summed E-state index contributed by atoms with van der Waals surface area (Å²) >= 11 is 0. The summed E-state index contributed by atoms with van der Waals surface area (Å²) in [6.07, 6.45) is 0. The Balaban J connectivity index is 2.39. The van der Waals surface area contributed by atoms with Gasteiger partial charge in [0.25, 0.3) is 0 Å². The van der Waals surface area contributed by atoms with E-state index in [2.05, 4.69) is 15.4 Å². The van der Waals surface area contributed by atoms with Crippen LogP contribution >= 0.6 is 0 Å². The molecule has 6 nitrogen and oxygen atoms in total. The van der Waals surface area contributed by atoms with Crippen LogP contribution in [-0.4, -0.2) is 27.3 Å². The fourth-order valence-corrected chi connectivity index (χ4v) is 1.31. The van der Waals surface area contributed by atoms with Gasteiger partial charge in [0.2, 0.25) is 5.82 Å². The molecule has 0 radical (unpaired) electrons. The number of methoxy groups -OCH3 is 1. The molecule has 0 aliphatic heterocycles. The van der Waals surface area contributed by atoms with E-state index in [4.69, 9.17) is 10.00 Å². The summed E-state index contributed by atoms with van der Waals surface area (Å²) in [4.78, 5) is 1.24. The number of aromatic nitrogens is 4. The minimum atomic E-state index is 0.0855. The Morgan fingerprint density at radius 2 is 2.25 bits per heavy atom. The van der Waals surface area contributed by atoms with E-state index in [1.165, 1.54) is 4.80 Å². The highest BCUT2D eigenvalue weighted by atomic mass is 16.5. The summed E-state index contributed by atoms with van der Waals surface area (Å²) < 4.78 is 5.19. The molecule has 16 heavy (non-hydrogen) atoms. The van der Waals surface area contributed by atoms with Crippen molar-refractivity contribution in [3.05, 3.63) is 24.3 Å². The molecular formula is C10H9N5O. The third kappa shape index (κ3) is 1.83. The number of nitrogens with zero attached hydrogens (tertiary/aromatic N) is 5. The fourth-order valence-electron chi connectivity index (χ4n) is 1.31. The first-order valence-corrected chi connectivity index (χ1v) is 4.63. The van der Waals surface area contributed by atoms with Crippen LogP contribution in [0.3, 0.4) is 0 Å². The molecule has 0 saturated carbocycles. The lowest BCUT2D eigenvalue weighted by Crippen LogP contribution is -2.00. The molecule has 0 atom stereocenters. The normalized spacial score (nSPS) is 9.75. The molecule has 1 aromatic heterocycles. The van der Waals surface area contributed by atoms with Crippen LogP contribution in [0.15, 0.2) is 24.3 Å². The van der Waals surface area contributed by atoms with Gasteiger partial charge in [-0.05, 0) is 17.3 Å². The van der Waals surface area contributed by atoms with Crippen LogP contribution in [0, 0.1) is 11.3 Å².